The molecule has 156 valence electrons. The Bertz CT molecular complexity index is 711. The highest BCUT2D eigenvalue weighted by atomic mass is 16.6. The third kappa shape index (κ3) is 2.84. The molecule has 2 N–H and O–H groups in total. The monoisotopic (exact) mass is 392 g/mol. The molecule has 0 bridgehead atoms. The molecule has 0 amide bonds. The Labute approximate surface area is 166 Å². The number of furan rings is 1. The molecule has 7 unspecified atom stereocenters. The zero-order valence-electron chi connectivity index (χ0n) is 17.0. The first kappa shape index (κ1) is 19.9. The van der Waals surface area contributed by atoms with Crippen molar-refractivity contribution in [1.82, 2.24) is 0 Å². The van der Waals surface area contributed by atoms with Crippen molar-refractivity contribution in [3.05, 3.63) is 24.2 Å². The maximum atomic E-state index is 11.7. The van der Waals surface area contributed by atoms with Crippen LogP contribution in [0.4, 0.5) is 0 Å². The van der Waals surface area contributed by atoms with Gasteiger partial charge in [-0.25, -0.2) is 0 Å². The average Bonchev–Trinajstić information content (AvgIpc) is 3.23. The van der Waals surface area contributed by atoms with Crippen molar-refractivity contribution in [2.45, 2.75) is 70.7 Å². The van der Waals surface area contributed by atoms with Crippen molar-refractivity contribution in [3.63, 3.8) is 0 Å². The van der Waals surface area contributed by atoms with Crippen LogP contribution in [-0.2, 0) is 20.7 Å². The summed E-state index contributed by atoms with van der Waals surface area (Å²) in [6.45, 7) is 6.43. The number of carbonyl (C=O) groups excluding carboxylic acids is 1. The van der Waals surface area contributed by atoms with Crippen molar-refractivity contribution in [1.29, 1.82) is 0 Å². The zero-order valence-corrected chi connectivity index (χ0v) is 17.0. The molecule has 3 fully saturated rings. The van der Waals surface area contributed by atoms with E-state index in [1.54, 1.807) is 12.5 Å². The van der Waals surface area contributed by atoms with Crippen LogP contribution in [0.3, 0.4) is 0 Å². The van der Waals surface area contributed by atoms with Gasteiger partial charge in [0.2, 0.25) is 0 Å². The van der Waals surface area contributed by atoms with E-state index in [1.807, 2.05) is 6.07 Å². The first-order chi connectivity index (χ1) is 13.3. The lowest BCUT2D eigenvalue weighted by Crippen LogP contribution is -2.69. The highest BCUT2D eigenvalue weighted by Crippen LogP contribution is 2.68. The quantitative estimate of drug-likeness (QED) is 0.591. The van der Waals surface area contributed by atoms with Gasteiger partial charge in [-0.2, -0.15) is 0 Å². The van der Waals surface area contributed by atoms with E-state index >= 15 is 0 Å². The van der Waals surface area contributed by atoms with E-state index in [2.05, 4.69) is 13.8 Å². The number of aliphatic hydroxyl groups excluding tert-OH is 2. The molecule has 2 heterocycles. The smallest absolute Gasteiger partial charge is 0.302 e. The first-order valence-electron chi connectivity index (χ1n) is 10.4. The number of aliphatic hydroxyl groups is 2. The van der Waals surface area contributed by atoms with Crippen LogP contribution in [0.2, 0.25) is 0 Å². The van der Waals surface area contributed by atoms with Crippen molar-refractivity contribution >= 4 is 5.97 Å². The summed E-state index contributed by atoms with van der Waals surface area (Å²) in [6, 6.07) is 1.97. The lowest BCUT2D eigenvalue weighted by Gasteiger charge is -2.63. The van der Waals surface area contributed by atoms with Crippen molar-refractivity contribution < 1.29 is 28.9 Å². The number of hydrogen-bond acceptors (Lipinski definition) is 6. The summed E-state index contributed by atoms with van der Waals surface area (Å²) in [5.74, 6) is -0.357. The summed E-state index contributed by atoms with van der Waals surface area (Å²) in [5, 5.41) is 22.5. The van der Waals surface area contributed by atoms with Gasteiger partial charge in [0, 0.05) is 12.8 Å². The minimum atomic E-state index is -0.770. The number of carbonyl (C=O) groups is 1. The van der Waals surface area contributed by atoms with Crippen LogP contribution in [0, 0.1) is 22.7 Å². The molecule has 1 aromatic rings. The Morgan fingerprint density at radius 2 is 2.14 bits per heavy atom. The molecular weight excluding hydrogens is 360 g/mol. The fourth-order valence-corrected chi connectivity index (χ4v) is 6.36. The Balaban J connectivity index is 1.73. The van der Waals surface area contributed by atoms with E-state index < -0.39 is 23.2 Å². The normalized spacial score (nSPS) is 44.9. The average molecular weight is 392 g/mol. The predicted molar refractivity (Wildman–Crippen MR) is 101 cm³/mol. The number of hydrogen-bond donors (Lipinski definition) is 2. The fourth-order valence-electron chi connectivity index (χ4n) is 6.36. The number of rotatable bonds is 5. The molecule has 2 aliphatic carbocycles. The molecule has 1 aliphatic heterocycles. The van der Waals surface area contributed by atoms with Crippen molar-refractivity contribution in [3.8, 4) is 0 Å². The Morgan fingerprint density at radius 3 is 2.75 bits per heavy atom. The van der Waals surface area contributed by atoms with E-state index in [4.69, 9.17) is 13.9 Å². The van der Waals surface area contributed by atoms with Gasteiger partial charge in [-0.05, 0) is 55.1 Å². The number of fused-ring (bicyclic) bond motifs is 2. The van der Waals surface area contributed by atoms with E-state index in [-0.39, 0.29) is 29.8 Å². The minimum Gasteiger partial charge on any atom is -0.472 e. The third-order valence-electron chi connectivity index (χ3n) is 8.18. The summed E-state index contributed by atoms with van der Waals surface area (Å²) >= 11 is 0. The van der Waals surface area contributed by atoms with Crippen LogP contribution in [0.5, 0.6) is 0 Å². The van der Waals surface area contributed by atoms with E-state index in [9.17, 15) is 15.0 Å². The molecule has 6 nitrogen and oxygen atoms in total. The van der Waals surface area contributed by atoms with Crippen LogP contribution in [0.25, 0.3) is 0 Å². The van der Waals surface area contributed by atoms with Gasteiger partial charge in [-0.15, -0.1) is 0 Å². The SMILES string of the molecule is CC(=O)OCC12C(O)CC(C)C(C)(CCc3ccoc3)C1C(O)CCC21CO1. The molecule has 2 saturated carbocycles. The highest BCUT2D eigenvalue weighted by Gasteiger charge is 2.75. The minimum absolute atomic E-state index is 0.0965. The summed E-state index contributed by atoms with van der Waals surface area (Å²) in [7, 11) is 0. The third-order valence-corrected chi connectivity index (χ3v) is 8.18. The molecule has 1 aromatic heterocycles. The lowest BCUT2D eigenvalue weighted by molar-refractivity contribution is -0.246. The van der Waals surface area contributed by atoms with Crippen molar-refractivity contribution in [2.24, 2.45) is 22.7 Å². The second kappa shape index (κ2) is 6.85. The second-order valence-electron chi connectivity index (χ2n) is 9.48. The summed E-state index contributed by atoms with van der Waals surface area (Å²) in [6.07, 6.45) is 5.86. The summed E-state index contributed by atoms with van der Waals surface area (Å²) in [5.41, 5.74) is -0.362. The molecule has 28 heavy (non-hydrogen) atoms. The molecule has 7 atom stereocenters. The van der Waals surface area contributed by atoms with Gasteiger partial charge < -0.3 is 24.1 Å². The standard InChI is InChI=1S/C22H32O6/c1-14-10-18(25)22(13-27-15(2)23)19(17(24)5-8-21(22)12-28-21)20(14,3)7-4-16-6-9-26-11-16/h6,9,11,14,17-19,24-25H,4-5,7-8,10,12-13H2,1-3H3. The number of epoxide rings is 1. The lowest BCUT2D eigenvalue weighted by atomic mass is 9.42. The van der Waals surface area contributed by atoms with Gasteiger partial charge in [0.1, 0.15) is 12.2 Å². The molecule has 4 rings (SSSR count). The van der Waals surface area contributed by atoms with Crippen LogP contribution in [0.1, 0.15) is 52.0 Å². The zero-order chi connectivity index (χ0) is 20.2. The molecule has 3 aliphatic rings. The van der Waals surface area contributed by atoms with Gasteiger partial charge in [0.15, 0.2) is 0 Å². The topological polar surface area (TPSA) is 92.4 Å². The Hall–Kier alpha value is -1.37. The van der Waals surface area contributed by atoms with Gasteiger partial charge in [0.05, 0.1) is 36.8 Å². The molecule has 6 heteroatoms. The summed E-state index contributed by atoms with van der Waals surface area (Å²) < 4.78 is 16.7. The fraction of sp³-hybridized carbons (Fsp3) is 0.773. The Morgan fingerprint density at radius 1 is 1.39 bits per heavy atom. The molecular formula is C22H32O6. The van der Waals surface area contributed by atoms with E-state index in [0.29, 0.717) is 25.9 Å². The summed E-state index contributed by atoms with van der Waals surface area (Å²) in [4.78, 5) is 11.7. The van der Waals surface area contributed by atoms with Crippen LogP contribution in [0.15, 0.2) is 23.0 Å². The Kier molecular flexibility index (Phi) is 4.88. The first-order valence-corrected chi connectivity index (χ1v) is 10.4. The maximum Gasteiger partial charge on any atom is 0.302 e. The van der Waals surface area contributed by atoms with Gasteiger partial charge in [0.25, 0.3) is 0 Å². The molecule has 0 radical (unpaired) electrons. The second-order valence-corrected chi connectivity index (χ2v) is 9.48. The predicted octanol–water partition coefficient (Wildman–Crippen LogP) is 2.71. The van der Waals surface area contributed by atoms with Crippen LogP contribution in [-0.4, -0.2) is 47.2 Å². The number of esters is 1. The molecule has 1 saturated heterocycles. The maximum absolute atomic E-state index is 11.7. The number of ether oxygens (including phenoxy) is 2. The van der Waals surface area contributed by atoms with E-state index in [1.165, 1.54) is 6.92 Å². The van der Waals surface area contributed by atoms with Crippen LogP contribution >= 0.6 is 0 Å². The molecule has 1 spiro atoms. The van der Waals surface area contributed by atoms with Gasteiger partial charge in [-0.1, -0.05) is 13.8 Å². The molecule has 0 aromatic carbocycles. The number of aryl methyl sites for hydroxylation is 1. The van der Waals surface area contributed by atoms with E-state index in [0.717, 1.165) is 18.4 Å². The van der Waals surface area contributed by atoms with Gasteiger partial charge in [-0.3, -0.25) is 4.79 Å². The highest BCUT2D eigenvalue weighted by molar-refractivity contribution is 5.66. The largest absolute Gasteiger partial charge is 0.472 e. The van der Waals surface area contributed by atoms with Crippen LogP contribution < -0.4 is 0 Å². The van der Waals surface area contributed by atoms with Gasteiger partial charge >= 0.3 is 5.97 Å². The van der Waals surface area contributed by atoms with Crippen molar-refractivity contribution in [2.75, 3.05) is 13.2 Å².